The van der Waals surface area contributed by atoms with E-state index in [4.69, 9.17) is 23.2 Å². The van der Waals surface area contributed by atoms with Gasteiger partial charge in [0, 0.05) is 15.7 Å². The van der Waals surface area contributed by atoms with Gasteiger partial charge in [0.2, 0.25) is 15.7 Å². The van der Waals surface area contributed by atoms with Crippen LogP contribution in [0.4, 0.5) is 11.4 Å². The summed E-state index contributed by atoms with van der Waals surface area (Å²) in [5.41, 5.74) is 0.792. The molecule has 8 heteroatoms. The molecule has 0 aliphatic carbocycles. The van der Waals surface area contributed by atoms with Crippen LogP contribution in [0.25, 0.3) is 0 Å². The van der Waals surface area contributed by atoms with Gasteiger partial charge in [-0.2, -0.15) is 0 Å². The number of rotatable bonds is 6. The molecule has 1 amide bonds. The summed E-state index contributed by atoms with van der Waals surface area (Å²) in [5, 5.41) is 6.34. The Morgan fingerprint density at radius 2 is 1.46 bits per heavy atom. The number of hydrogen-bond donors (Lipinski definition) is 2. The van der Waals surface area contributed by atoms with Gasteiger partial charge in [0.25, 0.3) is 0 Å². The maximum atomic E-state index is 12.9. The Hall–Kier alpha value is -2.54. The summed E-state index contributed by atoms with van der Waals surface area (Å²) in [5.74, 6) is -0.370. The van der Waals surface area contributed by atoms with Crippen molar-refractivity contribution in [3.8, 4) is 0 Å². The number of anilines is 2. The first-order valence-corrected chi connectivity index (χ1v) is 10.5. The Bertz CT molecular complexity index is 1080. The number of para-hydroxylation sites is 1. The zero-order valence-electron chi connectivity index (χ0n) is 14.5. The monoisotopic (exact) mass is 434 g/mol. The van der Waals surface area contributed by atoms with Gasteiger partial charge >= 0.3 is 0 Å². The Morgan fingerprint density at radius 3 is 2.14 bits per heavy atom. The minimum Gasteiger partial charge on any atom is -0.375 e. The molecule has 2 N–H and O–H groups in total. The molecule has 0 saturated carbocycles. The molecule has 0 radical (unpaired) electrons. The fourth-order valence-corrected chi connectivity index (χ4v) is 4.56. The second-order valence-corrected chi connectivity index (χ2v) is 8.66. The van der Waals surface area contributed by atoms with E-state index < -0.39 is 9.84 Å². The Morgan fingerprint density at radius 1 is 0.857 bits per heavy atom. The van der Waals surface area contributed by atoms with Gasteiger partial charge in [0.1, 0.15) is 0 Å². The zero-order valence-corrected chi connectivity index (χ0v) is 16.9. The summed E-state index contributed by atoms with van der Waals surface area (Å²) in [6.45, 7) is -0.133. The smallest absolute Gasteiger partial charge is 0.243 e. The van der Waals surface area contributed by atoms with Crippen LogP contribution in [-0.2, 0) is 14.6 Å². The third-order valence-corrected chi connectivity index (χ3v) is 6.08. The molecule has 3 aromatic carbocycles. The minimum atomic E-state index is -3.72. The van der Waals surface area contributed by atoms with Crippen molar-refractivity contribution in [2.24, 2.45) is 0 Å². The van der Waals surface area contributed by atoms with Gasteiger partial charge in [-0.3, -0.25) is 4.79 Å². The lowest BCUT2D eigenvalue weighted by Gasteiger charge is -2.13. The zero-order chi connectivity index (χ0) is 20.1. The van der Waals surface area contributed by atoms with Gasteiger partial charge in [-0.05, 0) is 42.5 Å². The fourth-order valence-electron chi connectivity index (χ4n) is 2.58. The molecule has 0 atom stereocenters. The molecule has 0 aliphatic rings. The van der Waals surface area contributed by atoms with Crippen LogP contribution in [0.3, 0.4) is 0 Å². The average Bonchev–Trinajstić information content (AvgIpc) is 2.66. The second kappa shape index (κ2) is 8.65. The van der Waals surface area contributed by atoms with Crippen molar-refractivity contribution in [2.45, 2.75) is 9.79 Å². The van der Waals surface area contributed by atoms with Crippen LogP contribution in [0.2, 0.25) is 10.0 Å². The molecule has 0 aromatic heterocycles. The summed E-state index contributed by atoms with van der Waals surface area (Å²) in [7, 11) is -3.72. The van der Waals surface area contributed by atoms with Gasteiger partial charge < -0.3 is 10.6 Å². The van der Waals surface area contributed by atoms with Crippen LogP contribution in [0, 0.1) is 0 Å². The summed E-state index contributed by atoms with van der Waals surface area (Å²) in [6.07, 6.45) is 0. The van der Waals surface area contributed by atoms with E-state index >= 15 is 0 Å². The normalized spacial score (nSPS) is 11.1. The molecule has 3 aromatic rings. The van der Waals surface area contributed by atoms with Crippen LogP contribution in [-0.4, -0.2) is 20.9 Å². The number of hydrogen-bond acceptors (Lipinski definition) is 4. The van der Waals surface area contributed by atoms with E-state index in [1.807, 2.05) is 0 Å². The molecule has 3 rings (SSSR count). The summed E-state index contributed by atoms with van der Waals surface area (Å²) < 4.78 is 25.8. The van der Waals surface area contributed by atoms with Gasteiger partial charge in [-0.15, -0.1) is 0 Å². The number of carbonyl (C=O) groups is 1. The lowest BCUT2D eigenvalue weighted by atomic mass is 10.3. The van der Waals surface area contributed by atoms with Crippen molar-refractivity contribution >= 4 is 50.3 Å². The third-order valence-electron chi connectivity index (χ3n) is 3.82. The van der Waals surface area contributed by atoms with E-state index in [2.05, 4.69) is 10.6 Å². The molecular formula is C20H16Cl2N2O3S. The quantitative estimate of drug-likeness (QED) is 0.579. The van der Waals surface area contributed by atoms with Crippen molar-refractivity contribution in [1.82, 2.24) is 0 Å². The maximum Gasteiger partial charge on any atom is 0.243 e. The van der Waals surface area contributed by atoms with Gasteiger partial charge in [0.05, 0.1) is 22.0 Å². The van der Waals surface area contributed by atoms with E-state index in [0.717, 1.165) is 0 Å². The lowest BCUT2D eigenvalue weighted by Crippen LogP contribution is -2.22. The van der Waals surface area contributed by atoms with Crippen molar-refractivity contribution < 1.29 is 13.2 Å². The summed E-state index contributed by atoms with van der Waals surface area (Å²) in [6, 6.07) is 19.3. The standard InChI is InChI=1S/C20H16Cl2N2O3S/c21-14-10-15(22)12-16(11-14)24-20(25)13-23-18-8-4-5-9-19(18)28(26,27)17-6-2-1-3-7-17/h1-12,23H,13H2,(H,24,25). The minimum absolute atomic E-state index is 0.0970. The van der Waals surface area contributed by atoms with Crippen molar-refractivity contribution in [2.75, 3.05) is 17.2 Å². The predicted octanol–water partition coefficient (Wildman–Crippen LogP) is 4.88. The van der Waals surface area contributed by atoms with Crippen molar-refractivity contribution in [3.05, 3.63) is 82.8 Å². The highest BCUT2D eigenvalue weighted by molar-refractivity contribution is 7.91. The number of nitrogens with one attached hydrogen (secondary N) is 2. The van der Waals surface area contributed by atoms with Gasteiger partial charge in [0.15, 0.2) is 0 Å². The van der Waals surface area contributed by atoms with Crippen molar-refractivity contribution in [1.29, 1.82) is 0 Å². The molecule has 0 fully saturated rings. The molecule has 0 bridgehead atoms. The number of benzene rings is 3. The SMILES string of the molecule is O=C(CNc1ccccc1S(=O)(=O)c1ccccc1)Nc1cc(Cl)cc(Cl)c1. The average molecular weight is 435 g/mol. The molecule has 0 unspecified atom stereocenters. The van der Waals surface area contributed by atoms with E-state index in [0.29, 0.717) is 21.4 Å². The Labute approximate surface area is 173 Å². The second-order valence-electron chi connectivity index (χ2n) is 5.87. The van der Waals surface area contributed by atoms with Crippen LogP contribution in [0.1, 0.15) is 0 Å². The maximum absolute atomic E-state index is 12.9. The highest BCUT2D eigenvalue weighted by Crippen LogP contribution is 2.27. The lowest BCUT2D eigenvalue weighted by molar-refractivity contribution is -0.114. The largest absolute Gasteiger partial charge is 0.375 e. The number of sulfone groups is 1. The topological polar surface area (TPSA) is 75.3 Å². The van der Waals surface area contributed by atoms with E-state index in [1.165, 1.54) is 18.2 Å². The fraction of sp³-hybridized carbons (Fsp3) is 0.0500. The molecule has 0 saturated heterocycles. The molecule has 0 heterocycles. The molecular weight excluding hydrogens is 419 g/mol. The van der Waals surface area contributed by atoms with E-state index in [1.54, 1.807) is 54.6 Å². The molecule has 0 spiro atoms. The van der Waals surface area contributed by atoms with Gasteiger partial charge in [-0.1, -0.05) is 53.5 Å². The molecule has 0 aliphatic heterocycles. The van der Waals surface area contributed by atoms with Crippen LogP contribution in [0.5, 0.6) is 0 Å². The van der Waals surface area contributed by atoms with Crippen LogP contribution in [0.15, 0.2) is 82.6 Å². The number of carbonyl (C=O) groups excluding carboxylic acids is 1. The first kappa shape index (κ1) is 20.2. The highest BCUT2D eigenvalue weighted by atomic mass is 35.5. The van der Waals surface area contributed by atoms with Gasteiger partial charge in [-0.25, -0.2) is 8.42 Å². The Balaban J connectivity index is 1.76. The molecule has 5 nitrogen and oxygen atoms in total. The molecule has 28 heavy (non-hydrogen) atoms. The first-order valence-electron chi connectivity index (χ1n) is 8.25. The number of amides is 1. The highest BCUT2D eigenvalue weighted by Gasteiger charge is 2.21. The van der Waals surface area contributed by atoms with E-state index in [9.17, 15) is 13.2 Å². The first-order chi connectivity index (χ1) is 13.4. The summed E-state index contributed by atoms with van der Waals surface area (Å²) in [4.78, 5) is 12.5. The third kappa shape index (κ3) is 4.84. The van der Waals surface area contributed by atoms with Crippen LogP contribution >= 0.6 is 23.2 Å². The van der Waals surface area contributed by atoms with E-state index in [-0.39, 0.29) is 22.2 Å². The van der Waals surface area contributed by atoms with Crippen LogP contribution < -0.4 is 10.6 Å². The predicted molar refractivity (Wildman–Crippen MR) is 112 cm³/mol. The van der Waals surface area contributed by atoms with Crippen molar-refractivity contribution in [3.63, 3.8) is 0 Å². The summed E-state index contributed by atoms with van der Waals surface area (Å²) >= 11 is 11.8. The number of halogens is 2. The Kier molecular flexibility index (Phi) is 6.24. The molecule has 144 valence electrons.